The van der Waals surface area contributed by atoms with Crippen LogP contribution in [0.3, 0.4) is 0 Å². The summed E-state index contributed by atoms with van der Waals surface area (Å²) in [6.45, 7) is 3.10. The molecule has 0 saturated heterocycles. The molecule has 1 N–H and O–H groups in total. The molecule has 0 saturated carbocycles. The number of halogens is 1. The highest BCUT2D eigenvalue weighted by Crippen LogP contribution is 2.34. The van der Waals surface area contributed by atoms with Crippen LogP contribution in [0.25, 0.3) is 0 Å². The second-order valence-corrected chi connectivity index (χ2v) is 6.96. The van der Waals surface area contributed by atoms with Crippen LogP contribution in [0.5, 0.6) is 5.75 Å². The molecule has 0 aromatic heterocycles. The molecule has 3 heteroatoms. The number of hydrogen-bond donors (Lipinski definition) is 1. The summed E-state index contributed by atoms with van der Waals surface area (Å²) in [4.78, 5) is 0. The second kappa shape index (κ2) is 8.79. The van der Waals surface area contributed by atoms with Gasteiger partial charge >= 0.3 is 0 Å². The fraction of sp³-hybridized carbons (Fsp3) is 0.667. The number of fused-ring (bicyclic) bond motifs is 1. The van der Waals surface area contributed by atoms with Crippen LogP contribution in [0.2, 0.25) is 0 Å². The third-order valence-corrected chi connectivity index (χ3v) is 4.81. The lowest BCUT2D eigenvalue weighted by atomic mass is 9.97. The maximum Gasteiger partial charge on any atom is 0.125 e. The van der Waals surface area contributed by atoms with Gasteiger partial charge in [0.15, 0.2) is 0 Å². The van der Waals surface area contributed by atoms with E-state index in [1.165, 1.54) is 54.1 Å². The van der Waals surface area contributed by atoms with Gasteiger partial charge in [0.2, 0.25) is 0 Å². The number of ether oxygens (including phenoxy) is 1. The van der Waals surface area contributed by atoms with E-state index in [0.717, 1.165) is 25.2 Å². The average Bonchev–Trinajstić information content (AvgIpc) is 2.93. The van der Waals surface area contributed by atoms with Crippen LogP contribution in [0.1, 0.15) is 56.6 Å². The number of nitrogens with one attached hydrogen (secondary N) is 1. The Morgan fingerprint density at radius 3 is 2.81 bits per heavy atom. The molecule has 1 aliphatic rings. The van der Waals surface area contributed by atoms with E-state index in [1.807, 2.05) is 0 Å². The van der Waals surface area contributed by atoms with Crippen LogP contribution in [0.15, 0.2) is 16.6 Å². The molecule has 0 radical (unpaired) electrons. The predicted molar refractivity (Wildman–Crippen MR) is 93.3 cm³/mol. The summed E-state index contributed by atoms with van der Waals surface area (Å²) < 4.78 is 7.02. The van der Waals surface area contributed by atoms with Crippen LogP contribution in [0, 0.1) is 0 Å². The summed E-state index contributed by atoms with van der Waals surface area (Å²) >= 11 is 3.63. The monoisotopic (exact) mass is 353 g/mol. The minimum Gasteiger partial charge on any atom is -0.493 e. The zero-order valence-electron chi connectivity index (χ0n) is 13.4. The third-order valence-electron chi connectivity index (χ3n) is 4.36. The fourth-order valence-corrected chi connectivity index (χ4v) is 3.66. The summed E-state index contributed by atoms with van der Waals surface area (Å²) in [7, 11) is 2.08. The molecular weight excluding hydrogens is 326 g/mol. The largest absolute Gasteiger partial charge is 0.493 e. The number of hydrogen-bond acceptors (Lipinski definition) is 2. The molecule has 0 spiro atoms. The van der Waals surface area contributed by atoms with Gasteiger partial charge in [0.05, 0.1) is 6.61 Å². The van der Waals surface area contributed by atoms with Gasteiger partial charge in [-0.3, -0.25) is 0 Å². The Kier molecular flexibility index (Phi) is 7.05. The first-order valence-electron chi connectivity index (χ1n) is 8.36. The van der Waals surface area contributed by atoms with Gasteiger partial charge in [0, 0.05) is 16.9 Å². The molecule has 1 aromatic rings. The molecule has 2 rings (SSSR count). The summed E-state index contributed by atoms with van der Waals surface area (Å²) in [5.74, 6) is 1.14. The molecule has 0 fully saturated rings. The Bertz CT molecular complexity index is 447. The third kappa shape index (κ3) is 5.00. The van der Waals surface area contributed by atoms with E-state index in [2.05, 4.69) is 47.4 Å². The van der Waals surface area contributed by atoms with Crippen molar-refractivity contribution < 1.29 is 4.74 Å². The lowest BCUT2D eigenvalue weighted by Gasteiger charge is -2.18. The molecule has 1 aromatic carbocycles. The number of benzene rings is 1. The van der Waals surface area contributed by atoms with Gasteiger partial charge < -0.3 is 10.1 Å². The van der Waals surface area contributed by atoms with Gasteiger partial charge in [-0.15, -0.1) is 0 Å². The first kappa shape index (κ1) is 16.8. The van der Waals surface area contributed by atoms with Crippen molar-refractivity contribution in [3.63, 3.8) is 0 Å². The molecule has 0 aliphatic carbocycles. The van der Waals surface area contributed by atoms with Crippen LogP contribution >= 0.6 is 15.9 Å². The van der Waals surface area contributed by atoms with Crippen molar-refractivity contribution in [1.29, 1.82) is 0 Å². The molecule has 1 atom stereocenters. The van der Waals surface area contributed by atoms with E-state index in [9.17, 15) is 0 Å². The van der Waals surface area contributed by atoms with Crippen LogP contribution < -0.4 is 10.1 Å². The zero-order chi connectivity index (χ0) is 15.1. The Morgan fingerprint density at radius 1 is 1.24 bits per heavy atom. The van der Waals surface area contributed by atoms with Crippen molar-refractivity contribution in [3.8, 4) is 5.75 Å². The number of likely N-dealkylation sites (N-methyl/N-ethyl adjacent to an activating group) is 1. The molecule has 21 heavy (non-hydrogen) atoms. The van der Waals surface area contributed by atoms with Gasteiger partial charge in [0.1, 0.15) is 5.75 Å². The second-order valence-electron chi connectivity index (χ2n) is 6.04. The number of unbranched alkanes of at least 4 members (excludes halogenated alkanes) is 4. The Morgan fingerprint density at radius 2 is 2.05 bits per heavy atom. The Hall–Kier alpha value is -0.540. The standard InChI is InChI=1S/C18H28BrNO/c1-3-4-5-6-7-8-17(20-2)13-15-12-16(19)11-14-9-10-21-18(14)15/h11-12,17,20H,3-10,13H2,1-2H3. The lowest BCUT2D eigenvalue weighted by molar-refractivity contribution is 0.351. The van der Waals surface area contributed by atoms with Gasteiger partial charge in [-0.1, -0.05) is 55.0 Å². The topological polar surface area (TPSA) is 21.3 Å². The fourth-order valence-electron chi connectivity index (χ4n) is 3.11. The van der Waals surface area contributed by atoms with E-state index in [4.69, 9.17) is 4.74 Å². The molecule has 2 nitrogen and oxygen atoms in total. The minimum atomic E-state index is 0.550. The van der Waals surface area contributed by atoms with Gasteiger partial charge in [-0.25, -0.2) is 0 Å². The normalized spacial score (nSPS) is 14.8. The van der Waals surface area contributed by atoms with Crippen LogP contribution in [-0.2, 0) is 12.8 Å². The summed E-state index contributed by atoms with van der Waals surface area (Å²) in [6.07, 6.45) is 10.1. The van der Waals surface area contributed by atoms with Crippen molar-refractivity contribution in [2.45, 2.75) is 64.3 Å². The molecule has 118 valence electrons. The van der Waals surface area contributed by atoms with Gasteiger partial charge in [-0.2, -0.15) is 0 Å². The van der Waals surface area contributed by atoms with E-state index >= 15 is 0 Å². The van der Waals surface area contributed by atoms with Crippen molar-refractivity contribution in [2.24, 2.45) is 0 Å². The van der Waals surface area contributed by atoms with Gasteiger partial charge in [-0.05, 0) is 43.1 Å². The molecular formula is C18H28BrNO. The molecule has 0 amide bonds. The average molecular weight is 354 g/mol. The molecule has 0 bridgehead atoms. The highest BCUT2D eigenvalue weighted by molar-refractivity contribution is 9.10. The summed E-state index contributed by atoms with van der Waals surface area (Å²) in [5, 5.41) is 3.48. The van der Waals surface area contributed by atoms with E-state index in [1.54, 1.807) is 0 Å². The minimum absolute atomic E-state index is 0.550. The summed E-state index contributed by atoms with van der Waals surface area (Å²) in [6, 6.07) is 4.98. The van der Waals surface area contributed by atoms with Crippen LogP contribution in [-0.4, -0.2) is 19.7 Å². The number of rotatable bonds is 9. The maximum absolute atomic E-state index is 5.84. The smallest absolute Gasteiger partial charge is 0.125 e. The Balaban J connectivity index is 1.90. The lowest BCUT2D eigenvalue weighted by Crippen LogP contribution is -2.27. The first-order chi connectivity index (χ1) is 10.2. The predicted octanol–water partition coefficient (Wildman–Crippen LogP) is 4.88. The molecule has 1 heterocycles. The molecule has 1 unspecified atom stereocenters. The van der Waals surface area contributed by atoms with E-state index in [-0.39, 0.29) is 0 Å². The van der Waals surface area contributed by atoms with Crippen molar-refractivity contribution >= 4 is 15.9 Å². The van der Waals surface area contributed by atoms with E-state index in [0.29, 0.717) is 6.04 Å². The quantitative estimate of drug-likeness (QED) is 0.639. The first-order valence-corrected chi connectivity index (χ1v) is 9.15. The van der Waals surface area contributed by atoms with Crippen molar-refractivity contribution in [2.75, 3.05) is 13.7 Å². The highest BCUT2D eigenvalue weighted by Gasteiger charge is 2.19. The van der Waals surface area contributed by atoms with Gasteiger partial charge in [0.25, 0.3) is 0 Å². The SMILES string of the molecule is CCCCCCCC(Cc1cc(Br)cc2c1OCC2)NC. The van der Waals surface area contributed by atoms with E-state index < -0.39 is 0 Å². The van der Waals surface area contributed by atoms with Crippen molar-refractivity contribution in [1.82, 2.24) is 5.32 Å². The summed E-state index contributed by atoms with van der Waals surface area (Å²) in [5.41, 5.74) is 2.71. The highest BCUT2D eigenvalue weighted by atomic mass is 79.9. The zero-order valence-corrected chi connectivity index (χ0v) is 15.0. The van der Waals surface area contributed by atoms with Crippen LogP contribution in [0.4, 0.5) is 0 Å². The maximum atomic E-state index is 5.84. The Labute approximate surface area is 137 Å². The molecule has 1 aliphatic heterocycles. The van der Waals surface area contributed by atoms with Crippen molar-refractivity contribution in [3.05, 3.63) is 27.7 Å².